The number of benzene rings is 1. The first-order chi connectivity index (χ1) is 9.43. The fraction of sp³-hybridized carbons (Fsp3) is 0.429. The molecular weight excluding hydrogens is 260 g/mol. The van der Waals surface area contributed by atoms with Gasteiger partial charge in [-0.25, -0.2) is 0 Å². The number of carboxylic acids is 1. The van der Waals surface area contributed by atoms with Crippen LogP contribution in [0.15, 0.2) is 18.2 Å². The first-order valence-electron chi connectivity index (χ1n) is 6.36. The van der Waals surface area contributed by atoms with Gasteiger partial charge in [0.05, 0.1) is 19.3 Å². The summed E-state index contributed by atoms with van der Waals surface area (Å²) in [6.45, 7) is 2.14. The molecule has 2 rings (SSSR count). The third kappa shape index (κ3) is 2.46. The van der Waals surface area contributed by atoms with E-state index in [9.17, 15) is 9.59 Å². The van der Waals surface area contributed by atoms with Crippen molar-refractivity contribution in [2.45, 2.75) is 13.0 Å². The number of hydrogen-bond acceptors (Lipinski definition) is 4. The topological polar surface area (TPSA) is 92.9 Å². The quantitative estimate of drug-likeness (QED) is 0.796. The van der Waals surface area contributed by atoms with Crippen LogP contribution in [0, 0.1) is 12.8 Å². The van der Waals surface area contributed by atoms with E-state index in [1.165, 1.54) is 4.90 Å². The molecular formula is C14H18N2O4. The summed E-state index contributed by atoms with van der Waals surface area (Å²) in [5.41, 5.74) is 7.53. The Bertz CT molecular complexity index is 544. The van der Waals surface area contributed by atoms with Gasteiger partial charge < -0.3 is 20.5 Å². The molecule has 0 bridgehead atoms. The fourth-order valence-electron chi connectivity index (χ4n) is 2.39. The van der Waals surface area contributed by atoms with Gasteiger partial charge in [-0.05, 0) is 24.6 Å². The molecule has 1 aromatic carbocycles. The van der Waals surface area contributed by atoms with Crippen molar-refractivity contribution in [1.82, 2.24) is 4.90 Å². The van der Waals surface area contributed by atoms with Crippen molar-refractivity contribution in [3.63, 3.8) is 0 Å². The second-order valence-electron chi connectivity index (χ2n) is 4.99. The van der Waals surface area contributed by atoms with Crippen LogP contribution in [-0.4, -0.2) is 48.2 Å². The Morgan fingerprint density at radius 1 is 1.40 bits per heavy atom. The molecule has 0 radical (unpaired) electrons. The highest BCUT2D eigenvalue weighted by Gasteiger charge is 2.38. The van der Waals surface area contributed by atoms with Gasteiger partial charge >= 0.3 is 5.97 Å². The van der Waals surface area contributed by atoms with E-state index in [1.807, 2.05) is 0 Å². The van der Waals surface area contributed by atoms with Crippen LogP contribution in [-0.2, 0) is 9.53 Å². The largest absolute Gasteiger partial charge is 0.481 e. The maximum Gasteiger partial charge on any atom is 0.311 e. The predicted octanol–water partition coefficient (Wildman–Crippen LogP) is 0.749. The van der Waals surface area contributed by atoms with E-state index in [-0.39, 0.29) is 19.1 Å². The molecule has 6 nitrogen and oxygen atoms in total. The number of ether oxygens (including phenoxy) is 1. The normalized spacial score (nSPS) is 21.7. The molecule has 2 unspecified atom stereocenters. The minimum Gasteiger partial charge on any atom is -0.481 e. The molecule has 1 amide bonds. The van der Waals surface area contributed by atoms with E-state index < -0.39 is 17.9 Å². The third-order valence-corrected chi connectivity index (χ3v) is 3.79. The minimum atomic E-state index is -0.948. The molecule has 0 spiro atoms. The number of nitrogens with two attached hydrogens (primary N) is 1. The summed E-state index contributed by atoms with van der Waals surface area (Å²) in [5.74, 6) is -1.88. The summed E-state index contributed by atoms with van der Waals surface area (Å²) in [6.07, 6.45) is 0. The molecule has 3 N–H and O–H groups in total. The molecule has 1 fully saturated rings. The number of carbonyl (C=O) groups excluding carboxylic acids is 1. The first-order valence-corrected chi connectivity index (χ1v) is 6.36. The van der Waals surface area contributed by atoms with Crippen molar-refractivity contribution in [2.24, 2.45) is 5.92 Å². The molecule has 20 heavy (non-hydrogen) atoms. The van der Waals surface area contributed by atoms with E-state index in [4.69, 9.17) is 15.6 Å². The Balaban J connectivity index is 2.24. The molecule has 0 saturated carbocycles. The lowest BCUT2D eigenvalue weighted by molar-refractivity contribution is -0.142. The monoisotopic (exact) mass is 278 g/mol. The van der Waals surface area contributed by atoms with E-state index in [0.717, 1.165) is 0 Å². The SMILES string of the molecule is Cc1c(N)cccc1C(=O)N(C)C1COCC1C(=O)O. The summed E-state index contributed by atoms with van der Waals surface area (Å²) >= 11 is 0. The number of carbonyl (C=O) groups is 2. The van der Waals surface area contributed by atoms with Gasteiger partial charge in [0.15, 0.2) is 0 Å². The van der Waals surface area contributed by atoms with Gasteiger partial charge in [-0.3, -0.25) is 9.59 Å². The smallest absolute Gasteiger partial charge is 0.311 e. The Hall–Kier alpha value is -2.08. The van der Waals surface area contributed by atoms with E-state index >= 15 is 0 Å². The highest BCUT2D eigenvalue weighted by molar-refractivity contribution is 5.97. The van der Waals surface area contributed by atoms with Crippen molar-refractivity contribution in [2.75, 3.05) is 26.0 Å². The van der Waals surface area contributed by atoms with Crippen LogP contribution in [0.2, 0.25) is 0 Å². The van der Waals surface area contributed by atoms with Gasteiger partial charge in [-0.2, -0.15) is 0 Å². The van der Waals surface area contributed by atoms with Crippen molar-refractivity contribution in [1.29, 1.82) is 0 Å². The van der Waals surface area contributed by atoms with E-state index in [1.54, 1.807) is 32.2 Å². The Kier molecular flexibility index (Phi) is 3.94. The molecule has 6 heteroatoms. The number of carboxylic acid groups (broad SMARTS) is 1. The average Bonchev–Trinajstić information content (AvgIpc) is 2.89. The number of aliphatic carboxylic acids is 1. The molecule has 1 saturated heterocycles. The summed E-state index contributed by atoms with van der Waals surface area (Å²) in [7, 11) is 1.60. The zero-order chi connectivity index (χ0) is 14.9. The first kappa shape index (κ1) is 14.3. The maximum absolute atomic E-state index is 12.5. The van der Waals surface area contributed by atoms with Gasteiger partial charge in [0.2, 0.25) is 0 Å². The number of nitrogen functional groups attached to an aromatic ring is 1. The van der Waals surface area contributed by atoms with Crippen molar-refractivity contribution < 1.29 is 19.4 Å². The van der Waals surface area contributed by atoms with Gasteiger partial charge in [0.1, 0.15) is 5.92 Å². The van der Waals surface area contributed by atoms with Crippen molar-refractivity contribution in [3.05, 3.63) is 29.3 Å². The van der Waals surface area contributed by atoms with Crippen LogP contribution >= 0.6 is 0 Å². The average molecular weight is 278 g/mol. The van der Waals surface area contributed by atoms with Crippen LogP contribution in [0.25, 0.3) is 0 Å². The van der Waals surface area contributed by atoms with Crippen LogP contribution in [0.5, 0.6) is 0 Å². The predicted molar refractivity (Wildman–Crippen MR) is 73.4 cm³/mol. The standard InChI is InChI=1S/C14H18N2O4/c1-8-9(4-3-5-11(8)15)13(17)16(2)12-7-20-6-10(12)14(18)19/h3-5,10,12H,6-7,15H2,1-2H3,(H,18,19). The van der Waals surface area contributed by atoms with Gasteiger partial charge in [-0.1, -0.05) is 6.07 Å². The molecule has 1 aliphatic rings. The molecule has 108 valence electrons. The van der Waals surface area contributed by atoms with Gasteiger partial charge in [0, 0.05) is 18.3 Å². The third-order valence-electron chi connectivity index (χ3n) is 3.79. The molecule has 1 aliphatic heterocycles. The maximum atomic E-state index is 12.5. The number of likely N-dealkylation sites (N-methyl/N-ethyl adjacent to an activating group) is 1. The molecule has 1 aromatic rings. The van der Waals surface area contributed by atoms with Crippen molar-refractivity contribution in [3.8, 4) is 0 Å². The summed E-state index contributed by atoms with van der Waals surface area (Å²) in [5, 5.41) is 9.15. The van der Waals surface area contributed by atoms with E-state index in [0.29, 0.717) is 16.8 Å². The van der Waals surface area contributed by atoms with Crippen molar-refractivity contribution >= 4 is 17.6 Å². The van der Waals surface area contributed by atoms with Crippen LogP contribution in [0.1, 0.15) is 15.9 Å². The van der Waals surface area contributed by atoms with Crippen LogP contribution in [0.4, 0.5) is 5.69 Å². The summed E-state index contributed by atoms with van der Waals surface area (Å²) in [6, 6.07) is 4.67. The summed E-state index contributed by atoms with van der Waals surface area (Å²) < 4.78 is 5.19. The number of amides is 1. The Labute approximate surface area is 117 Å². The minimum absolute atomic E-state index is 0.132. The lowest BCUT2D eigenvalue weighted by Crippen LogP contribution is -2.44. The highest BCUT2D eigenvalue weighted by Crippen LogP contribution is 2.23. The number of rotatable bonds is 3. The fourth-order valence-corrected chi connectivity index (χ4v) is 2.39. The lowest BCUT2D eigenvalue weighted by Gasteiger charge is -2.27. The zero-order valence-electron chi connectivity index (χ0n) is 11.5. The molecule has 0 aliphatic carbocycles. The second kappa shape index (κ2) is 5.50. The molecule has 1 heterocycles. The number of hydrogen-bond donors (Lipinski definition) is 2. The Morgan fingerprint density at radius 3 is 2.75 bits per heavy atom. The van der Waals surface area contributed by atoms with Crippen LogP contribution < -0.4 is 5.73 Å². The van der Waals surface area contributed by atoms with Crippen LogP contribution in [0.3, 0.4) is 0 Å². The van der Waals surface area contributed by atoms with Gasteiger partial charge in [0.25, 0.3) is 5.91 Å². The number of nitrogens with zero attached hydrogens (tertiary/aromatic N) is 1. The van der Waals surface area contributed by atoms with Gasteiger partial charge in [-0.15, -0.1) is 0 Å². The van der Waals surface area contributed by atoms with E-state index in [2.05, 4.69) is 0 Å². The zero-order valence-corrected chi connectivity index (χ0v) is 11.5. The summed E-state index contributed by atoms with van der Waals surface area (Å²) in [4.78, 5) is 25.1. The lowest BCUT2D eigenvalue weighted by atomic mass is 10.0. The molecule has 0 aromatic heterocycles. The second-order valence-corrected chi connectivity index (χ2v) is 4.99. The number of anilines is 1. The Morgan fingerprint density at radius 2 is 2.10 bits per heavy atom. The highest BCUT2D eigenvalue weighted by atomic mass is 16.5. The molecule has 2 atom stereocenters.